The molecule has 0 unspecified atom stereocenters. The van der Waals surface area contributed by atoms with Gasteiger partial charge in [0, 0.05) is 36.5 Å². The fourth-order valence-corrected chi connectivity index (χ4v) is 5.06. The first-order valence-electron chi connectivity index (χ1n) is 11.5. The van der Waals surface area contributed by atoms with Crippen molar-refractivity contribution in [2.45, 2.75) is 37.6 Å². The van der Waals surface area contributed by atoms with Crippen molar-refractivity contribution < 1.29 is 4.79 Å². The van der Waals surface area contributed by atoms with E-state index in [4.69, 9.17) is 9.97 Å². The molecule has 1 saturated heterocycles. The number of amides is 1. The smallest absolute Gasteiger partial charge is 0.251 e. The number of thiazole rings is 1. The maximum Gasteiger partial charge on any atom is 0.251 e. The summed E-state index contributed by atoms with van der Waals surface area (Å²) in [4.78, 5) is 30.1. The van der Waals surface area contributed by atoms with Crippen molar-refractivity contribution in [3.05, 3.63) is 47.8 Å². The summed E-state index contributed by atoms with van der Waals surface area (Å²) < 4.78 is 0. The number of rotatable bonds is 7. The Morgan fingerprint density at radius 3 is 2.70 bits per heavy atom. The highest BCUT2D eigenvalue weighted by molar-refractivity contribution is 7.19. The highest BCUT2D eigenvalue weighted by Crippen LogP contribution is 2.46. The SMILES string of the molecule is CNc1nc(C2CC2)c(-c2ccnc(Nc3cccc(C(=O)NC4CCN(C)CC4)c3)n2)s1. The maximum absolute atomic E-state index is 12.8. The molecule has 1 aliphatic carbocycles. The van der Waals surface area contributed by atoms with Crippen LogP contribution in [0.3, 0.4) is 0 Å². The molecule has 5 rings (SSSR count). The van der Waals surface area contributed by atoms with Crippen LogP contribution in [0.25, 0.3) is 10.6 Å². The van der Waals surface area contributed by atoms with Crippen molar-refractivity contribution >= 4 is 34.0 Å². The first kappa shape index (κ1) is 21.8. The summed E-state index contributed by atoms with van der Waals surface area (Å²) >= 11 is 1.62. The van der Waals surface area contributed by atoms with Crippen molar-refractivity contribution in [2.75, 3.05) is 37.8 Å². The van der Waals surface area contributed by atoms with Crippen molar-refractivity contribution in [3.63, 3.8) is 0 Å². The number of carbonyl (C=O) groups excluding carboxylic acids is 1. The fraction of sp³-hybridized carbons (Fsp3) is 0.417. The molecule has 1 amide bonds. The van der Waals surface area contributed by atoms with Crippen LogP contribution in [0.5, 0.6) is 0 Å². The molecule has 1 saturated carbocycles. The molecule has 8 nitrogen and oxygen atoms in total. The highest BCUT2D eigenvalue weighted by atomic mass is 32.1. The molecule has 0 bridgehead atoms. The van der Waals surface area contributed by atoms with E-state index >= 15 is 0 Å². The second kappa shape index (κ2) is 9.44. The largest absolute Gasteiger partial charge is 0.365 e. The number of anilines is 3. The zero-order chi connectivity index (χ0) is 22.8. The van der Waals surface area contributed by atoms with Crippen molar-refractivity contribution in [3.8, 4) is 10.6 Å². The number of hydrogen-bond donors (Lipinski definition) is 3. The number of aromatic nitrogens is 3. The quantitative estimate of drug-likeness (QED) is 0.486. The van der Waals surface area contributed by atoms with Crippen LogP contribution in [-0.2, 0) is 0 Å². The minimum Gasteiger partial charge on any atom is -0.365 e. The molecule has 3 heterocycles. The number of benzene rings is 1. The molecule has 0 spiro atoms. The van der Waals surface area contributed by atoms with Gasteiger partial charge >= 0.3 is 0 Å². The van der Waals surface area contributed by atoms with Crippen LogP contribution in [-0.4, -0.2) is 59.0 Å². The predicted octanol–water partition coefficient (Wildman–Crippen LogP) is 4.09. The Labute approximate surface area is 197 Å². The van der Waals surface area contributed by atoms with E-state index in [-0.39, 0.29) is 11.9 Å². The lowest BCUT2D eigenvalue weighted by Crippen LogP contribution is -2.43. The number of nitrogens with one attached hydrogen (secondary N) is 3. The van der Waals surface area contributed by atoms with Gasteiger partial charge in [-0.3, -0.25) is 4.79 Å². The van der Waals surface area contributed by atoms with Gasteiger partial charge in [-0.1, -0.05) is 17.4 Å². The zero-order valence-electron chi connectivity index (χ0n) is 19.0. The van der Waals surface area contributed by atoms with Crippen molar-refractivity contribution in [2.24, 2.45) is 0 Å². The molecular formula is C24H29N7OS. The number of hydrogen-bond acceptors (Lipinski definition) is 8. The Morgan fingerprint density at radius 1 is 1.12 bits per heavy atom. The molecule has 9 heteroatoms. The molecule has 2 aromatic heterocycles. The Kier molecular flexibility index (Phi) is 6.24. The van der Waals surface area contributed by atoms with E-state index in [1.54, 1.807) is 17.5 Å². The zero-order valence-corrected chi connectivity index (χ0v) is 19.8. The van der Waals surface area contributed by atoms with E-state index in [0.717, 1.165) is 53.0 Å². The van der Waals surface area contributed by atoms with Gasteiger partial charge in [0.15, 0.2) is 5.13 Å². The summed E-state index contributed by atoms with van der Waals surface area (Å²) in [6.45, 7) is 2.02. The summed E-state index contributed by atoms with van der Waals surface area (Å²) in [5.74, 6) is 0.993. The lowest BCUT2D eigenvalue weighted by molar-refractivity contribution is 0.0917. The third-order valence-electron chi connectivity index (χ3n) is 6.15. The number of piperidine rings is 1. The van der Waals surface area contributed by atoms with Gasteiger partial charge < -0.3 is 20.9 Å². The van der Waals surface area contributed by atoms with Gasteiger partial charge in [-0.05, 0) is 70.1 Å². The van der Waals surface area contributed by atoms with Gasteiger partial charge in [0.25, 0.3) is 5.91 Å². The molecular weight excluding hydrogens is 434 g/mol. The Morgan fingerprint density at radius 2 is 1.94 bits per heavy atom. The average molecular weight is 464 g/mol. The van der Waals surface area contributed by atoms with Crippen LogP contribution >= 0.6 is 11.3 Å². The van der Waals surface area contributed by atoms with Gasteiger partial charge in [-0.25, -0.2) is 15.0 Å². The van der Waals surface area contributed by atoms with Crippen LogP contribution in [0, 0.1) is 0 Å². The van der Waals surface area contributed by atoms with E-state index in [2.05, 4.69) is 32.9 Å². The lowest BCUT2D eigenvalue weighted by atomic mass is 10.0. The Bertz CT molecular complexity index is 1140. The van der Waals surface area contributed by atoms with Gasteiger partial charge in [0.05, 0.1) is 16.3 Å². The Hall–Kier alpha value is -3.04. The molecule has 1 aromatic carbocycles. The molecule has 2 aliphatic rings. The molecule has 0 radical (unpaired) electrons. The molecule has 3 aromatic rings. The summed E-state index contributed by atoms with van der Waals surface area (Å²) in [5, 5.41) is 10.5. The normalized spacial score (nSPS) is 17.0. The lowest BCUT2D eigenvalue weighted by Gasteiger charge is -2.29. The minimum atomic E-state index is -0.0406. The number of carbonyl (C=O) groups is 1. The standard InChI is InChI=1S/C24H29N7OS/c1-25-24-30-20(15-6-7-15)21(33-24)19-8-11-26-23(29-19)28-18-5-3-4-16(14-18)22(32)27-17-9-12-31(2)13-10-17/h3-5,8,11,14-15,17H,6-7,9-10,12-13H2,1-2H3,(H,25,30)(H,27,32)(H,26,28,29). The summed E-state index contributed by atoms with van der Waals surface area (Å²) in [6, 6.07) is 9.64. The summed E-state index contributed by atoms with van der Waals surface area (Å²) in [7, 11) is 4.01. The first-order chi connectivity index (χ1) is 16.1. The van der Waals surface area contributed by atoms with E-state index in [1.807, 2.05) is 37.4 Å². The second-order valence-corrected chi connectivity index (χ2v) is 9.78. The van der Waals surface area contributed by atoms with Crippen molar-refractivity contribution in [1.82, 2.24) is 25.2 Å². The maximum atomic E-state index is 12.8. The van der Waals surface area contributed by atoms with Crippen LogP contribution in [0.1, 0.15) is 47.7 Å². The fourth-order valence-electron chi connectivity index (χ4n) is 4.09. The van der Waals surface area contributed by atoms with E-state index in [9.17, 15) is 4.79 Å². The molecule has 1 aliphatic heterocycles. The van der Waals surface area contributed by atoms with Gasteiger partial charge in [-0.2, -0.15) is 0 Å². The second-order valence-electron chi connectivity index (χ2n) is 8.78. The van der Waals surface area contributed by atoms with Gasteiger partial charge in [0.1, 0.15) is 0 Å². The van der Waals surface area contributed by atoms with E-state index in [0.29, 0.717) is 17.4 Å². The van der Waals surface area contributed by atoms with Gasteiger partial charge in [0.2, 0.25) is 5.95 Å². The summed E-state index contributed by atoms with van der Waals surface area (Å²) in [5.41, 5.74) is 3.41. The molecule has 2 fully saturated rings. The topological polar surface area (TPSA) is 95.1 Å². The van der Waals surface area contributed by atoms with Crippen LogP contribution in [0.4, 0.5) is 16.8 Å². The van der Waals surface area contributed by atoms with E-state index < -0.39 is 0 Å². The molecule has 3 N–H and O–H groups in total. The minimum absolute atomic E-state index is 0.0406. The third kappa shape index (κ3) is 5.15. The number of nitrogens with zero attached hydrogens (tertiary/aromatic N) is 4. The number of likely N-dealkylation sites (tertiary alicyclic amines) is 1. The van der Waals surface area contributed by atoms with Crippen LogP contribution < -0.4 is 16.0 Å². The average Bonchev–Trinajstić information content (AvgIpc) is 3.59. The molecule has 33 heavy (non-hydrogen) atoms. The van der Waals surface area contributed by atoms with Gasteiger partial charge in [-0.15, -0.1) is 0 Å². The van der Waals surface area contributed by atoms with E-state index in [1.165, 1.54) is 12.8 Å². The Balaban J connectivity index is 1.30. The third-order valence-corrected chi connectivity index (χ3v) is 7.27. The van der Waals surface area contributed by atoms with Crippen LogP contribution in [0.2, 0.25) is 0 Å². The molecule has 0 atom stereocenters. The highest BCUT2D eigenvalue weighted by Gasteiger charge is 2.30. The van der Waals surface area contributed by atoms with Crippen LogP contribution in [0.15, 0.2) is 36.5 Å². The molecule has 172 valence electrons. The predicted molar refractivity (Wildman–Crippen MR) is 132 cm³/mol. The van der Waals surface area contributed by atoms with Crippen molar-refractivity contribution in [1.29, 1.82) is 0 Å². The first-order valence-corrected chi connectivity index (χ1v) is 12.3. The monoisotopic (exact) mass is 463 g/mol. The summed E-state index contributed by atoms with van der Waals surface area (Å²) in [6.07, 6.45) is 6.09.